The number of nitrogens with zero attached hydrogens (tertiary/aromatic N) is 1. The van der Waals surface area contributed by atoms with E-state index in [0.29, 0.717) is 6.54 Å². The molecule has 0 spiro atoms. The summed E-state index contributed by atoms with van der Waals surface area (Å²) >= 11 is 0. The molecule has 15 heavy (non-hydrogen) atoms. The van der Waals surface area contributed by atoms with E-state index in [1.807, 2.05) is 0 Å². The van der Waals surface area contributed by atoms with Crippen LogP contribution in [0.3, 0.4) is 0 Å². The minimum Gasteiger partial charge on any atom is -0.311 e. The predicted octanol–water partition coefficient (Wildman–Crippen LogP) is 0.934. The number of carbonyl (C=O) groups is 1. The fourth-order valence-corrected chi connectivity index (χ4v) is 1.86. The van der Waals surface area contributed by atoms with Crippen molar-refractivity contribution in [1.29, 1.82) is 0 Å². The minimum absolute atomic E-state index is 0.0122. The van der Waals surface area contributed by atoms with Gasteiger partial charge in [0, 0.05) is 12.2 Å². The van der Waals surface area contributed by atoms with E-state index in [4.69, 9.17) is 0 Å². The van der Waals surface area contributed by atoms with Crippen LogP contribution in [0.25, 0.3) is 0 Å². The van der Waals surface area contributed by atoms with Crippen LogP contribution in [-0.2, 0) is 11.2 Å². The van der Waals surface area contributed by atoms with Gasteiger partial charge in [-0.15, -0.1) is 0 Å². The Morgan fingerprint density at radius 2 is 2.40 bits per heavy atom. The molecule has 1 aliphatic rings. The third-order valence-electron chi connectivity index (χ3n) is 2.57. The van der Waals surface area contributed by atoms with E-state index < -0.39 is 0 Å². The Balaban J connectivity index is 2.27. The molecule has 1 aromatic carbocycles. The number of benzene rings is 1. The third-order valence-corrected chi connectivity index (χ3v) is 2.57. The maximum Gasteiger partial charge on any atom is 0.240 e. The Bertz CT molecular complexity index is 392. The number of hydrogen-bond acceptors (Lipinski definition) is 2. The molecule has 1 aliphatic heterocycles. The second-order valence-corrected chi connectivity index (χ2v) is 3.60. The summed E-state index contributed by atoms with van der Waals surface area (Å²) in [5.74, 6) is -0.306. The number of halogens is 1. The molecule has 0 bridgehead atoms. The van der Waals surface area contributed by atoms with Crippen molar-refractivity contribution in [3.63, 3.8) is 0 Å². The van der Waals surface area contributed by atoms with Gasteiger partial charge in [0.25, 0.3) is 0 Å². The molecular weight excluding hydrogens is 195 g/mol. The van der Waals surface area contributed by atoms with E-state index in [-0.39, 0.29) is 18.3 Å². The summed E-state index contributed by atoms with van der Waals surface area (Å²) in [5, 5.41) is 2.80. The van der Waals surface area contributed by atoms with Crippen molar-refractivity contribution in [2.75, 3.05) is 25.0 Å². The highest BCUT2D eigenvalue weighted by molar-refractivity contribution is 5.96. The van der Waals surface area contributed by atoms with E-state index in [1.165, 1.54) is 12.1 Å². The van der Waals surface area contributed by atoms with Crippen molar-refractivity contribution in [2.45, 2.75) is 6.42 Å². The lowest BCUT2D eigenvalue weighted by atomic mass is 10.2. The number of amides is 1. The van der Waals surface area contributed by atoms with Gasteiger partial charge in [-0.2, -0.15) is 0 Å². The molecule has 2 rings (SSSR count). The third kappa shape index (κ3) is 1.85. The van der Waals surface area contributed by atoms with Gasteiger partial charge in [-0.25, -0.2) is 4.39 Å². The molecule has 0 aromatic heterocycles. The summed E-state index contributed by atoms with van der Waals surface area (Å²) in [6.45, 7) is 0.940. The van der Waals surface area contributed by atoms with Crippen molar-refractivity contribution >= 4 is 11.6 Å². The molecule has 1 aromatic rings. The Hall–Kier alpha value is -1.42. The molecule has 0 unspecified atom stereocenters. The molecule has 1 N–H and O–H groups in total. The normalized spacial score (nSPS) is 14.1. The molecule has 1 heterocycles. The summed E-state index contributed by atoms with van der Waals surface area (Å²) < 4.78 is 13.0. The minimum atomic E-state index is -0.294. The highest BCUT2D eigenvalue weighted by atomic mass is 19.1. The van der Waals surface area contributed by atoms with Crippen molar-refractivity contribution in [3.8, 4) is 0 Å². The van der Waals surface area contributed by atoms with Gasteiger partial charge >= 0.3 is 0 Å². The molecule has 0 fully saturated rings. The summed E-state index contributed by atoms with van der Waals surface area (Å²) in [4.78, 5) is 13.3. The monoisotopic (exact) mass is 208 g/mol. The van der Waals surface area contributed by atoms with Crippen LogP contribution in [0.15, 0.2) is 18.2 Å². The van der Waals surface area contributed by atoms with Crippen LogP contribution in [0.2, 0.25) is 0 Å². The molecule has 4 heteroatoms. The first kappa shape index (κ1) is 10.1. The summed E-state index contributed by atoms with van der Waals surface area (Å²) in [5.41, 5.74) is 1.76. The topological polar surface area (TPSA) is 32.3 Å². The average Bonchev–Trinajstić information content (AvgIpc) is 2.60. The second kappa shape index (κ2) is 3.98. The van der Waals surface area contributed by atoms with E-state index in [2.05, 4.69) is 5.32 Å². The standard InChI is InChI=1S/C11H13FN2O/c1-13-7-11(15)14-5-4-8-2-3-9(12)6-10(8)14/h2-3,6,13H,4-5,7H2,1H3. The van der Waals surface area contributed by atoms with Crippen LogP contribution >= 0.6 is 0 Å². The maximum absolute atomic E-state index is 13.0. The van der Waals surface area contributed by atoms with Crippen molar-refractivity contribution in [1.82, 2.24) is 5.32 Å². The SMILES string of the molecule is CNCC(=O)N1CCc2ccc(F)cc21. The Labute approximate surface area is 87.9 Å². The van der Waals surface area contributed by atoms with Crippen LogP contribution in [0.1, 0.15) is 5.56 Å². The quantitative estimate of drug-likeness (QED) is 0.784. The first-order chi connectivity index (χ1) is 7.22. The van der Waals surface area contributed by atoms with Gasteiger partial charge in [-0.05, 0) is 31.2 Å². The van der Waals surface area contributed by atoms with Crippen molar-refractivity contribution in [2.24, 2.45) is 0 Å². The van der Waals surface area contributed by atoms with Crippen LogP contribution < -0.4 is 10.2 Å². The second-order valence-electron chi connectivity index (χ2n) is 3.60. The van der Waals surface area contributed by atoms with Crippen LogP contribution in [-0.4, -0.2) is 26.0 Å². The van der Waals surface area contributed by atoms with E-state index in [9.17, 15) is 9.18 Å². The molecule has 0 atom stereocenters. The number of likely N-dealkylation sites (N-methyl/N-ethyl adjacent to an activating group) is 1. The van der Waals surface area contributed by atoms with E-state index in [0.717, 1.165) is 17.7 Å². The number of nitrogens with one attached hydrogen (secondary N) is 1. The van der Waals surface area contributed by atoms with Crippen molar-refractivity contribution in [3.05, 3.63) is 29.6 Å². The van der Waals surface area contributed by atoms with Gasteiger partial charge in [0.15, 0.2) is 0 Å². The van der Waals surface area contributed by atoms with Crippen molar-refractivity contribution < 1.29 is 9.18 Å². The van der Waals surface area contributed by atoms with E-state index in [1.54, 1.807) is 18.0 Å². The first-order valence-corrected chi connectivity index (χ1v) is 4.96. The number of fused-ring (bicyclic) bond motifs is 1. The van der Waals surface area contributed by atoms with Gasteiger partial charge in [0.1, 0.15) is 5.82 Å². The number of rotatable bonds is 2. The lowest BCUT2D eigenvalue weighted by Gasteiger charge is -2.16. The molecule has 0 saturated carbocycles. The summed E-state index contributed by atoms with van der Waals surface area (Å²) in [7, 11) is 1.72. The predicted molar refractivity (Wildman–Crippen MR) is 56.4 cm³/mol. The van der Waals surface area contributed by atoms with Gasteiger partial charge in [-0.1, -0.05) is 6.07 Å². The highest BCUT2D eigenvalue weighted by Gasteiger charge is 2.24. The maximum atomic E-state index is 13.0. The Kier molecular flexibility index (Phi) is 2.68. The van der Waals surface area contributed by atoms with Gasteiger partial charge < -0.3 is 10.2 Å². The average molecular weight is 208 g/mol. The molecule has 0 saturated heterocycles. The smallest absolute Gasteiger partial charge is 0.240 e. The molecule has 80 valence electrons. The van der Waals surface area contributed by atoms with Gasteiger partial charge in [0.2, 0.25) is 5.91 Å². The number of carbonyl (C=O) groups excluding carboxylic acids is 1. The summed E-state index contributed by atoms with van der Waals surface area (Å²) in [6.07, 6.45) is 0.811. The Morgan fingerprint density at radius 1 is 1.60 bits per heavy atom. The molecule has 0 aliphatic carbocycles. The summed E-state index contributed by atoms with van der Waals surface area (Å²) in [6, 6.07) is 4.61. The Morgan fingerprint density at radius 3 is 3.13 bits per heavy atom. The van der Waals surface area contributed by atoms with E-state index >= 15 is 0 Å². The number of anilines is 1. The molecule has 0 radical (unpaired) electrons. The zero-order valence-electron chi connectivity index (χ0n) is 8.59. The molecule has 1 amide bonds. The molecule has 3 nitrogen and oxygen atoms in total. The lowest BCUT2D eigenvalue weighted by Crippen LogP contribution is -2.35. The van der Waals surface area contributed by atoms with Gasteiger partial charge in [-0.3, -0.25) is 4.79 Å². The zero-order valence-corrected chi connectivity index (χ0v) is 8.59. The lowest BCUT2D eigenvalue weighted by molar-refractivity contribution is -0.117. The fourth-order valence-electron chi connectivity index (χ4n) is 1.86. The zero-order chi connectivity index (χ0) is 10.8. The first-order valence-electron chi connectivity index (χ1n) is 4.96. The molecular formula is C11H13FN2O. The number of hydrogen-bond donors (Lipinski definition) is 1. The van der Waals surface area contributed by atoms with Gasteiger partial charge in [0.05, 0.1) is 6.54 Å². The van der Waals surface area contributed by atoms with Crippen LogP contribution in [0.4, 0.5) is 10.1 Å². The van der Waals surface area contributed by atoms with Crippen LogP contribution in [0, 0.1) is 5.82 Å². The largest absolute Gasteiger partial charge is 0.311 e. The highest BCUT2D eigenvalue weighted by Crippen LogP contribution is 2.28. The fraction of sp³-hybridized carbons (Fsp3) is 0.364. The van der Waals surface area contributed by atoms with Crippen LogP contribution in [0.5, 0.6) is 0 Å².